The molecule has 0 saturated heterocycles. The molecule has 2 N–H and O–H groups in total. The second-order valence-corrected chi connectivity index (χ2v) is 5.59. The molecule has 0 aliphatic rings. The molecule has 0 heterocycles. The molecular formula is C18H19N3O6. The van der Waals surface area contributed by atoms with E-state index in [1.54, 1.807) is 6.07 Å². The molecule has 2 rings (SSSR count). The molecule has 0 spiro atoms. The van der Waals surface area contributed by atoms with E-state index in [4.69, 9.17) is 9.47 Å². The standard InChI is InChI=1S/C18H19N3O6/c1-11-5-4-6-15(12(11)2)27-10-16(23)20-19-9-13-7-8-14(22)18(26-3)17(13)21(24)25/h4-9,22H,10H2,1-3H3,(H,20,23)/b19-9-. The lowest BCUT2D eigenvalue weighted by molar-refractivity contribution is -0.386. The molecule has 27 heavy (non-hydrogen) atoms. The largest absolute Gasteiger partial charge is 0.504 e. The topological polar surface area (TPSA) is 123 Å². The first-order valence-corrected chi connectivity index (χ1v) is 7.90. The van der Waals surface area contributed by atoms with E-state index in [0.29, 0.717) is 5.75 Å². The fourth-order valence-electron chi connectivity index (χ4n) is 2.30. The highest BCUT2D eigenvalue weighted by Gasteiger charge is 2.23. The van der Waals surface area contributed by atoms with Gasteiger partial charge in [0.05, 0.1) is 23.8 Å². The summed E-state index contributed by atoms with van der Waals surface area (Å²) in [7, 11) is 1.20. The van der Waals surface area contributed by atoms with E-state index in [9.17, 15) is 20.0 Å². The molecular weight excluding hydrogens is 354 g/mol. The molecule has 0 aromatic heterocycles. The highest BCUT2D eigenvalue weighted by Crippen LogP contribution is 2.37. The van der Waals surface area contributed by atoms with Gasteiger partial charge in [0.25, 0.3) is 5.91 Å². The number of carbonyl (C=O) groups is 1. The van der Waals surface area contributed by atoms with Crippen LogP contribution in [0.25, 0.3) is 0 Å². The van der Waals surface area contributed by atoms with Crippen LogP contribution in [0.3, 0.4) is 0 Å². The number of nitro groups is 1. The molecule has 9 heteroatoms. The molecule has 0 bridgehead atoms. The van der Waals surface area contributed by atoms with Gasteiger partial charge in [0, 0.05) is 0 Å². The number of hydrazone groups is 1. The number of phenolic OH excluding ortho intramolecular Hbond substituents is 1. The van der Waals surface area contributed by atoms with Gasteiger partial charge in [-0.2, -0.15) is 5.10 Å². The number of carbonyl (C=O) groups excluding carboxylic acids is 1. The smallest absolute Gasteiger partial charge is 0.323 e. The maximum absolute atomic E-state index is 11.9. The van der Waals surface area contributed by atoms with Gasteiger partial charge in [-0.05, 0) is 43.2 Å². The van der Waals surface area contributed by atoms with E-state index in [-0.39, 0.29) is 23.7 Å². The van der Waals surface area contributed by atoms with Gasteiger partial charge in [-0.3, -0.25) is 14.9 Å². The van der Waals surface area contributed by atoms with Crippen molar-refractivity contribution in [3.8, 4) is 17.2 Å². The van der Waals surface area contributed by atoms with E-state index >= 15 is 0 Å². The van der Waals surface area contributed by atoms with Crippen LogP contribution in [0.2, 0.25) is 0 Å². The summed E-state index contributed by atoms with van der Waals surface area (Å²) in [6.45, 7) is 3.56. The highest BCUT2D eigenvalue weighted by molar-refractivity contribution is 5.89. The Bertz CT molecular complexity index is 895. The van der Waals surface area contributed by atoms with Gasteiger partial charge in [-0.1, -0.05) is 12.1 Å². The normalized spacial score (nSPS) is 10.6. The molecule has 0 aliphatic heterocycles. The summed E-state index contributed by atoms with van der Waals surface area (Å²) in [5.41, 5.74) is 3.81. The predicted molar refractivity (Wildman–Crippen MR) is 98.5 cm³/mol. The molecule has 0 aliphatic carbocycles. The number of methoxy groups -OCH3 is 1. The Labute approximate surface area is 155 Å². The third kappa shape index (κ3) is 4.72. The summed E-state index contributed by atoms with van der Waals surface area (Å²) in [4.78, 5) is 22.4. The number of aromatic hydroxyl groups is 1. The number of nitro benzene ring substituents is 1. The Morgan fingerprint density at radius 2 is 2.07 bits per heavy atom. The van der Waals surface area contributed by atoms with Crippen LogP contribution in [0.5, 0.6) is 17.2 Å². The predicted octanol–water partition coefficient (Wildman–Crippen LogP) is 2.45. The fraction of sp³-hybridized carbons (Fsp3) is 0.222. The number of hydrogen-bond donors (Lipinski definition) is 2. The van der Waals surface area contributed by atoms with Crippen molar-refractivity contribution in [2.45, 2.75) is 13.8 Å². The Morgan fingerprint density at radius 1 is 1.33 bits per heavy atom. The zero-order valence-electron chi connectivity index (χ0n) is 15.1. The van der Waals surface area contributed by atoms with Crippen LogP contribution in [0, 0.1) is 24.0 Å². The number of benzene rings is 2. The lowest BCUT2D eigenvalue weighted by Crippen LogP contribution is -2.24. The van der Waals surface area contributed by atoms with Gasteiger partial charge in [-0.15, -0.1) is 0 Å². The van der Waals surface area contributed by atoms with Gasteiger partial charge in [-0.25, -0.2) is 5.43 Å². The molecule has 2 aromatic rings. The number of phenols is 1. The van der Waals surface area contributed by atoms with Crippen molar-refractivity contribution < 1.29 is 24.3 Å². The average molecular weight is 373 g/mol. The summed E-state index contributed by atoms with van der Waals surface area (Å²) < 4.78 is 10.3. The maximum atomic E-state index is 11.9. The van der Waals surface area contributed by atoms with Crippen LogP contribution in [0.1, 0.15) is 16.7 Å². The summed E-state index contributed by atoms with van der Waals surface area (Å²) in [5.74, 6) is -0.588. The van der Waals surface area contributed by atoms with Gasteiger partial charge < -0.3 is 14.6 Å². The molecule has 2 aromatic carbocycles. The van der Waals surface area contributed by atoms with Crippen molar-refractivity contribution in [2.75, 3.05) is 13.7 Å². The van der Waals surface area contributed by atoms with E-state index < -0.39 is 16.5 Å². The van der Waals surface area contributed by atoms with Crippen molar-refractivity contribution in [1.29, 1.82) is 0 Å². The van der Waals surface area contributed by atoms with Crippen molar-refractivity contribution in [2.24, 2.45) is 5.10 Å². The van der Waals surface area contributed by atoms with Gasteiger partial charge in [0.15, 0.2) is 12.4 Å². The fourth-order valence-corrected chi connectivity index (χ4v) is 2.30. The molecule has 142 valence electrons. The summed E-state index contributed by atoms with van der Waals surface area (Å²) in [5, 5.41) is 24.5. The first-order chi connectivity index (χ1) is 12.8. The SMILES string of the molecule is COc1c(O)ccc(/C=N\NC(=O)COc2cccc(C)c2C)c1[N+](=O)[O-]. The van der Waals surface area contributed by atoms with Crippen LogP contribution >= 0.6 is 0 Å². The third-order valence-electron chi connectivity index (χ3n) is 3.84. The van der Waals surface area contributed by atoms with Crippen molar-refractivity contribution in [3.05, 3.63) is 57.1 Å². The van der Waals surface area contributed by atoms with Crippen LogP contribution in [-0.2, 0) is 4.79 Å². The monoisotopic (exact) mass is 373 g/mol. The van der Waals surface area contributed by atoms with Crippen molar-refractivity contribution >= 4 is 17.8 Å². The highest BCUT2D eigenvalue weighted by atomic mass is 16.6. The zero-order valence-corrected chi connectivity index (χ0v) is 15.1. The minimum absolute atomic E-state index is 0.0606. The lowest BCUT2D eigenvalue weighted by atomic mass is 10.1. The number of hydrogen-bond acceptors (Lipinski definition) is 7. The number of aryl methyl sites for hydroxylation is 1. The second kappa shape index (κ2) is 8.65. The third-order valence-corrected chi connectivity index (χ3v) is 3.84. The molecule has 0 saturated carbocycles. The van der Waals surface area contributed by atoms with Gasteiger partial charge in [0.2, 0.25) is 5.75 Å². The van der Waals surface area contributed by atoms with E-state index in [2.05, 4.69) is 10.5 Å². The summed E-state index contributed by atoms with van der Waals surface area (Å²) in [6, 6.07) is 8.04. The first kappa shape index (κ1) is 19.7. The van der Waals surface area contributed by atoms with Gasteiger partial charge >= 0.3 is 5.69 Å². The molecule has 1 amide bonds. The molecule has 0 atom stereocenters. The van der Waals surface area contributed by atoms with E-state index in [1.807, 2.05) is 26.0 Å². The zero-order chi connectivity index (χ0) is 20.0. The first-order valence-electron chi connectivity index (χ1n) is 7.90. The Morgan fingerprint density at radius 3 is 2.74 bits per heavy atom. The van der Waals surface area contributed by atoms with Gasteiger partial charge in [0.1, 0.15) is 5.75 Å². The molecule has 0 unspecified atom stereocenters. The molecule has 0 radical (unpaired) electrons. The minimum Gasteiger partial charge on any atom is -0.504 e. The summed E-state index contributed by atoms with van der Waals surface area (Å²) in [6.07, 6.45) is 1.09. The van der Waals surface area contributed by atoms with Crippen molar-refractivity contribution in [3.63, 3.8) is 0 Å². The van der Waals surface area contributed by atoms with Crippen LogP contribution < -0.4 is 14.9 Å². The number of amides is 1. The van der Waals surface area contributed by atoms with Crippen LogP contribution in [0.4, 0.5) is 5.69 Å². The number of nitrogens with one attached hydrogen (secondary N) is 1. The number of rotatable bonds is 7. The van der Waals surface area contributed by atoms with E-state index in [1.165, 1.54) is 19.2 Å². The maximum Gasteiger partial charge on any atom is 0.323 e. The lowest BCUT2D eigenvalue weighted by Gasteiger charge is -2.09. The Balaban J connectivity index is 2.04. The number of ether oxygens (including phenoxy) is 2. The van der Waals surface area contributed by atoms with E-state index in [0.717, 1.165) is 17.3 Å². The number of nitrogens with zero attached hydrogens (tertiary/aromatic N) is 2. The Kier molecular flexibility index (Phi) is 6.32. The average Bonchev–Trinajstić information content (AvgIpc) is 2.63. The van der Waals surface area contributed by atoms with Crippen LogP contribution in [0.15, 0.2) is 35.4 Å². The second-order valence-electron chi connectivity index (χ2n) is 5.59. The molecule has 0 fully saturated rings. The summed E-state index contributed by atoms with van der Waals surface area (Å²) >= 11 is 0. The molecule has 9 nitrogen and oxygen atoms in total. The Hall–Kier alpha value is -3.62. The van der Waals surface area contributed by atoms with Crippen LogP contribution in [-0.4, -0.2) is 35.9 Å². The minimum atomic E-state index is -0.703. The van der Waals surface area contributed by atoms with Crippen molar-refractivity contribution in [1.82, 2.24) is 5.43 Å². The quantitative estimate of drug-likeness (QED) is 0.436.